The fourth-order valence-electron chi connectivity index (χ4n) is 10.0. The summed E-state index contributed by atoms with van der Waals surface area (Å²) in [6.07, 6.45) is 0. The second-order valence-electron chi connectivity index (χ2n) is 17.2. The van der Waals surface area contributed by atoms with Crippen LogP contribution in [0.2, 0.25) is 0 Å². The molecule has 11 rings (SSSR count). The van der Waals surface area contributed by atoms with E-state index in [0.717, 1.165) is 28.1 Å². The van der Waals surface area contributed by atoms with Crippen molar-refractivity contribution in [3.8, 4) is 67.5 Å². The molecule has 4 nitrogen and oxygen atoms in total. The van der Waals surface area contributed by atoms with E-state index in [1.165, 1.54) is 61.3 Å². The highest BCUT2D eigenvalue weighted by atomic mass is 15.2. The SMILES string of the molecule is CC1(C)c2ccccc2-c2c(-c3nc(-c4ccccc4)nc(-c4ccccc4)n3)c3c(c(N(c4ccccc4)c4ccc(-c5ccccc5)cc4)c21)C(C)(C)c1ccccc1-3. The lowest BCUT2D eigenvalue weighted by Crippen LogP contribution is -2.26. The highest BCUT2D eigenvalue weighted by Crippen LogP contribution is 2.65. The van der Waals surface area contributed by atoms with Crippen LogP contribution >= 0.6 is 0 Å². The molecule has 0 bridgehead atoms. The standard InChI is InChI=1S/C57H44N4/c1-56(2)45-31-19-17-29-43(45)47-49(55-59-53(39-23-11-6-12-24-39)58-54(60-55)40-25-13-7-14-26-40)48-44-30-18-20-32-46(44)57(3,4)51(48)52(50(47)56)61(41-27-15-8-16-28-41)42-35-33-38(34-36-42)37-21-9-5-10-22-37/h5-36H,1-4H3. The minimum atomic E-state index is -0.398. The summed E-state index contributed by atoms with van der Waals surface area (Å²) >= 11 is 0. The van der Waals surface area contributed by atoms with Gasteiger partial charge >= 0.3 is 0 Å². The lowest BCUT2D eigenvalue weighted by molar-refractivity contribution is 0.640. The molecule has 0 fully saturated rings. The summed E-state index contributed by atoms with van der Waals surface area (Å²) in [6, 6.07) is 69.2. The average Bonchev–Trinajstić information content (AvgIpc) is 3.70. The van der Waals surface area contributed by atoms with Gasteiger partial charge in [0, 0.05) is 38.9 Å². The normalized spacial score (nSPS) is 13.8. The van der Waals surface area contributed by atoms with Crippen molar-refractivity contribution in [2.24, 2.45) is 0 Å². The van der Waals surface area contributed by atoms with E-state index in [2.05, 4.69) is 190 Å². The topological polar surface area (TPSA) is 41.9 Å². The van der Waals surface area contributed by atoms with Crippen LogP contribution in [0.15, 0.2) is 194 Å². The Labute approximate surface area is 357 Å². The number of hydrogen-bond acceptors (Lipinski definition) is 4. The van der Waals surface area contributed by atoms with Crippen LogP contribution in [0.1, 0.15) is 49.9 Å². The molecule has 2 aliphatic rings. The molecule has 9 aromatic rings. The Morgan fingerprint density at radius 2 is 0.689 bits per heavy atom. The third-order valence-corrected chi connectivity index (χ3v) is 12.9. The van der Waals surface area contributed by atoms with Crippen LogP contribution in [0.5, 0.6) is 0 Å². The van der Waals surface area contributed by atoms with Crippen molar-refractivity contribution in [2.45, 2.75) is 38.5 Å². The number of hydrogen-bond donors (Lipinski definition) is 0. The predicted octanol–water partition coefficient (Wildman–Crippen LogP) is 14.6. The molecule has 0 saturated heterocycles. The number of aromatic nitrogens is 3. The highest BCUT2D eigenvalue weighted by molar-refractivity contribution is 6.09. The molecular formula is C57H44N4. The van der Waals surface area contributed by atoms with Gasteiger partial charge in [-0.15, -0.1) is 0 Å². The van der Waals surface area contributed by atoms with Gasteiger partial charge in [-0.2, -0.15) is 0 Å². The smallest absolute Gasteiger partial charge is 0.165 e. The summed E-state index contributed by atoms with van der Waals surface area (Å²) < 4.78 is 0. The molecule has 4 heteroatoms. The third-order valence-electron chi connectivity index (χ3n) is 12.9. The average molecular weight is 785 g/mol. The van der Waals surface area contributed by atoms with Crippen molar-refractivity contribution >= 4 is 17.1 Å². The van der Waals surface area contributed by atoms with Crippen molar-refractivity contribution in [2.75, 3.05) is 4.90 Å². The molecule has 61 heavy (non-hydrogen) atoms. The zero-order valence-electron chi connectivity index (χ0n) is 34.8. The number of fused-ring (bicyclic) bond motifs is 6. The summed E-state index contributed by atoms with van der Waals surface area (Å²) in [5.41, 5.74) is 17.8. The number of nitrogens with zero attached hydrogens (tertiary/aromatic N) is 4. The Hall–Kier alpha value is -7.43. The number of anilines is 3. The molecule has 0 N–H and O–H groups in total. The molecule has 1 aromatic heterocycles. The summed E-state index contributed by atoms with van der Waals surface area (Å²) in [7, 11) is 0. The summed E-state index contributed by atoms with van der Waals surface area (Å²) in [4.78, 5) is 18.7. The van der Waals surface area contributed by atoms with Crippen LogP contribution in [0.25, 0.3) is 67.5 Å². The van der Waals surface area contributed by atoms with Crippen molar-refractivity contribution in [1.82, 2.24) is 15.0 Å². The van der Waals surface area contributed by atoms with Crippen molar-refractivity contribution < 1.29 is 0 Å². The molecule has 0 spiro atoms. The van der Waals surface area contributed by atoms with Crippen LogP contribution in [0, 0.1) is 0 Å². The van der Waals surface area contributed by atoms with E-state index in [0.29, 0.717) is 17.5 Å². The molecule has 0 aliphatic heterocycles. The second-order valence-corrected chi connectivity index (χ2v) is 17.2. The minimum absolute atomic E-state index is 0.398. The van der Waals surface area contributed by atoms with E-state index < -0.39 is 10.8 Å². The first kappa shape index (κ1) is 36.6. The summed E-state index contributed by atoms with van der Waals surface area (Å²) in [5.74, 6) is 1.97. The zero-order chi connectivity index (χ0) is 41.3. The van der Waals surface area contributed by atoms with Crippen LogP contribution in [-0.2, 0) is 10.8 Å². The molecule has 0 amide bonds. The quantitative estimate of drug-likeness (QED) is 0.161. The van der Waals surface area contributed by atoms with Gasteiger partial charge in [-0.1, -0.05) is 198 Å². The van der Waals surface area contributed by atoms with Crippen LogP contribution < -0.4 is 4.90 Å². The molecule has 0 saturated carbocycles. The predicted molar refractivity (Wildman–Crippen MR) is 251 cm³/mol. The first-order valence-electron chi connectivity index (χ1n) is 21.1. The van der Waals surface area contributed by atoms with E-state index in [1.807, 2.05) is 36.4 Å². The first-order valence-corrected chi connectivity index (χ1v) is 21.1. The van der Waals surface area contributed by atoms with Gasteiger partial charge in [-0.3, -0.25) is 0 Å². The summed E-state index contributed by atoms with van der Waals surface area (Å²) in [5, 5.41) is 0. The van der Waals surface area contributed by atoms with Crippen molar-refractivity contribution in [1.29, 1.82) is 0 Å². The van der Waals surface area contributed by atoms with Crippen LogP contribution in [0.3, 0.4) is 0 Å². The largest absolute Gasteiger partial charge is 0.310 e. The summed E-state index contributed by atoms with van der Waals surface area (Å²) in [6.45, 7) is 9.58. The van der Waals surface area contributed by atoms with Gasteiger partial charge in [-0.05, 0) is 79.9 Å². The zero-order valence-corrected chi connectivity index (χ0v) is 34.8. The van der Waals surface area contributed by atoms with Gasteiger partial charge in [0.1, 0.15) is 0 Å². The number of rotatable bonds is 7. The monoisotopic (exact) mass is 784 g/mol. The van der Waals surface area contributed by atoms with Gasteiger partial charge in [-0.25, -0.2) is 15.0 Å². The molecular weight excluding hydrogens is 741 g/mol. The Morgan fingerprint density at radius 3 is 1.16 bits per heavy atom. The second kappa shape index (κ2) is 14.1. The Balaban J connectivity index is 1.31. The molecule has 0 atom stereocenters. The Morgan fingerprint density at radius 1 is 0.328 bits per heavy atom. The van der Waals surface area contributed by atoms with Gasteiger partial charge in [0.15, 0.2) is 17.5 Å². The fraction of sp³-hybridized carbons (Fsp3) is 0.105. The van der Waals surface area contributed by atoms with Gasteiger partial charge in [0.05, 0.1) is 5.69 Å². The molecule has 2 aliphatic carbocycles. The van der Waals surface area contributed by atoms with E-state index in [-0.39, 0.29) is 0 Å². The number of para-hydroxylation sites is 1. The van der Waals surface area contributed by atoms with E-state index in [1.54, 1.807) is 0 Å². The van der Waals surface area contributed by atoms with Gasteiger partial charge in [0.25, 0.3) is 0 Å². The fourth-order valence-corrected chi connectivity index (χ4v) is 10.0. The van der Waals surface area contributed by atoms with Crippen LogP contribution in [-0.4, -0.2) is 15.0 Å². The van der Waals surface area contributed by atoms with Crippen molar-refractivity contribution in [3.05, 3.63) is 216 Å². The van der Waals surface area contributed by atoms with E-state index >= 15 is 0 Å². The van der Waals surface area contributed by atoms with Crippen molar-refractivity contribution in [3.63, 3.8) is 0 Å². The highest BCUT2D eigenvalue weighted by Gasteiger charge is 2.49. The molecule has 8 aromatic carbocycles. The lowest BCUT2D eigenvalue weighted by Gasteiger charge is -2.38. The maximum atomic E-state index is 5.49. The third kappa shape index (κ3) is 5.78. The van der Waals surface area contributed by atoms with Gasteiger partial charge < -0.3 is 4.90 Å². The minimum Gasteiger partial charge on any atom is -0.310 e. The van der Waals surface area contributed by atoms with E-state index in [4.69, 9.17) is 15.0 Å². The lowest BCUT2D eigenvalue weighted by atomic mass is 9.74. The number of benzene rings is 8. The molecule has 1 heterocycles. The molecule has 0 radical (unpaired) electrons. The Bertz CT molecular complexity index is 2960. The first-order chi connectivity index (χ1) is 29.8. The van der Waals surface area contributed by atoms with E-state index in [9.17, 15) is 0 Å². The van der Waals surface area contributed by atoms with Crippen LogP contribution in [0.4, 0.5) is 17.1 Å². The maximum absolute atomic E-state index is 5.49. The molecule has 0 unspecified atom stereocenters. The Kier molecular flexibility index (Phi) is 8.47. The molecule has 292 valence electrons. The van der Waals surface area contributed by atoms with Gasteiger partial charge in [0.2, 0.25) is 0 Å². The maximum Gasteiger partial charge on any atom is 0.165 e.